The van der Waals surface area contributed by atoms with Crippen molar-refractivity contribution in [3.63, 3.8) is 0 Å². The van der Waals surface area contributed by atoms with Gasteiger partial charge in [-0.3, -0.25) is 0 Å². The van der Waals surface area contributed by atoms with Crippen molar-refractivity contribution >= 4 is 39.1 Å². The molecule has 2 aromatic rings. The average molecular weight is 364 g/mol. The predicted molar refractivity (Wildman–Crippen MR) is 82.0 cm³/mol. The molecule has 0 aliphatic carbocycles. The van der Waals surface area contributed by atoms with Crippen LogP contribution in [0, 0.1) is 13.8 Å². The minimum atomic E-state index is -0.0687. The van der Waals surface area contributed by atoms with Gasteiger partial charge in [-0.25, -0.2) is 0 Å². The van der Waals surface area contributed by atoms with E-state index in [1.807, 2.05) is 26.0 Å². The second-order valence-corrected chi connectivity index (χ2v) is 5.97. The van der Waals surface area contributed by atoms with Gasteiger partial charge in [-0.2, -0.15) is 0 Å². The molecule has 0 N–H and O–H groups in total. The molecule has 19 heavy (non-hydrogen) atoms. The summed E-state index contributed by atoms with van der Waals surface area (Å²) >= 11 is 16.1. The van der Waals surface area contributed by atoms with E-state index in [-0.39, 0.29) is 4.83 Å². The van der Waals surface area contributed by atoms with Crippen molar-refractivity contribution in [1.82, 2.24) is 0 Å². The van der Waals surface area contributed by atoms with Gasteiger partial charge in [0.1, 0.15) is 17.3 Å². The first-order valence-corrected chi connectivity index (χ1v) is 7.35. The average Bonchev–Trinajstić information content (AvgIpc) is 2.70. The van der Waals surface area contributed by atoms with Crippen LogP contribution in [0.1, 0.15) is 27.5 Å². The molecule has 1 unspecified atom stereocenters. The minimum Gasteiger partial charge on any atom is -0.495 e. The number of rotatable bonds is 3. The van der Waals surface area contributed by atoms with Gasteiger partial charge >= 0.3 is 0 Å². The number of furan rings is 1. The maximum atomic E-state index is 6.28. The Labute approximate surface area is 130 Å². The van der Waals surface area contributed by atoms with E-state index >= 15 is 0 Å². The van der Waals surface area contributed by atoms with E-state index in [1.54, 1.807) is 13.2 Å². The highest BCUT2D eigenvalue weighted by atomic mass is 79.9. The van der Waals surface area contributed by atoms with Crippen molar-refractivity contribution in [2.75, 3.05) is 7.11 Å². The summed E-state index contributed by atoms with van der Waals surface area (Å²) in [7, 11) is 1.56. The highest BCUT2D eigenvalue weighted by molar-refractivity contribution is 9.09. The van der Waals surface area contributed by atoms with Crippen LogP contribution in [0.15, 0.2) is 22.6 Å². The summed E-state index contributed by atoms with van der Waals surface area (Å²) in [5.41, 5.74) is 1.93. The number of halogens is 3. The normalized spacial score (nSPS) is 12.5. The van der Waals surface area contributed by atoms with E-state index < -0.39 is 0 Å². The first kappa shape index (κ1) is 14.8. The third-order valence-electron chi connectivity index (χ3n) is 2.90. The van der Waals surface area contributed by atoms with Crippen LogP contribution in [0.2, 0.25) is 10.0 Å². The van der Waals surface area contributed by atoms with Crippen molar-refractivity contribution in [2.24, 2.45) is 0 Å². The molecule has 0 bridgehead atoms. The lowest BCUT2D eigenvalue weighted by Gasteiger charge is -2.13. The third kappa shape index (κ3) is 2.93. The van der Waals surface area contributed by atoms with Gasteiger partial charge < -0.3 is 9.15 Å². The first-order valence-electron chi connectivity index (χ1n) is 5.68. The Kier molecular flexibility index (Phi) is 4.49. The topological polar surface area (TPSA) is 22.4 Å². The van der Waals surface area contributed by atoms with Gasteiger partial charge in [-0.05, 0) is 31.5 Å². The summed E-state index contributed by atoms with van der Waals surface area (Å²) in [6, 6.07) is 5.52. The molecule has 102 valence electrons. The van der Waals surface area contributed by atoms with Crippen LogP contribution >= 0.6 is 39.1 Å². The highest BCUT2D eigenvalue weighted by Gasteiger charge is 2.20. The number of aryl methyl sites for hydroxylation is 2. The van der Waals surface area contributed by atoms with E-state index in [1.165, 1.54) is 0 Å². The summed E-state index contributed by atoms with van der Waals surface area (Å²) in [5, 5.41) is 1.13. The number of alkyl halides is 1. The Hall–Kier alpha value is -0.640. The van der Waals surface area contributed by atoms with Crippen LogP contribution in [-0.4, -0.2) is 7.11 Å². The predicted octanol–water partition coefficient (Wildman–Crippen LogP) is 5.70. The number of hydrogen-bond donors (Lipinski definition) is 0. The van der Waals surface area contributed by atoms with E-state index in [0.717, 1.165) is 22.6 Å². The van der Waals surface area contributed by atoms with Crippen LogP contribution < -0.4 is 4.74 Å². The van der Waals surface area contributed by atoms with E-state index in [2.05, 4.69) is 15.9 Å². The number of hydrogen-bond acceptors (Lipinski definition) is 2. The van der Waals surface area contributed by atoms with Crippen LogP contribution in [-0.2, 0) is 0 Å². The van der Waals surface area contributed by atoms with Crippen molar-refractivity contribution in [3.05, 3.63) is 50.9 Å². The maximum Gasteiger partial charge on any atom is 0.138 e. The lowest BCUT2D eigenvalue weighted by Crippen LogP contribution is -1.96. The molecule has 0 aliphatic rings. The van der Waals surface area contributed by atoms with Crippen LogP contribution in [0.3, 0.4) is 0 Å². The molecular weight excluding hydrogens is 351 g/mol. The molecular formula is C14H13BrCl2O2. The Morgan fingerprint density at radius 2 is 1.79 bits per heavy atom. The van der Waals surface area contributed by atoms with Crippen molar-refractivity contribution < 1.29 is 9.15 Å². The van der Waals surface area contributed by atoms with E-state index in [0.29, 0.717) is 15.8 Å². The van der Waals surface area contributed by atoms with Gasteiger partial charge in [0.05, 0.1) is 17.0 Å². The zero-order valence-electron chi connectivity index (χ0n) is 10.8. The van der Waals surface area contributed by atoms with Gasteiger partial charge in [-0.15, -0.1) is 0 Å². The second-order valence-electron chi connectivity index (χ2n) is 4.24. The fraction of sp³-hybridized carbons (Fsp3) is 0.286. The van der Waals surface area contributed by atoms with Crippen LogP contribution in [0.25, 0.3) is 0 Å². The SMILES string of the molecule is COc1cc(Cl)c(C(Br)c2cc(C)oc2C)cc1Cl. The van der Waals surface area contributed by atoms with Gasteiger partial charge in [0, 0.05) is 16.7 Å². The Morgan fingerprint density at radius 3 is 2.32 bits per heavy atom. The van der Waals surface area contributed by atoms with Gasteiger partial charge in [0.25, 0.3) is 0 Å². The van der Waals surface area contributed by atoms with Gasteiger partial charge in [0.15, 0.2) is 0 Å². The lowest BCUT2D eigenvalue weighted by atomic mass is 10.0. The zero-order chi connectivity index (χ0) is 14.2. The number of benzene rings is 1. The van der Waals surface area contributed by atoms with E-state index in [9.17, 15) is 0 Å². The Morgan fingerprint density at radius 1 is 1.11 bits per heavy atom. The van der Waals surface area contributed by atoms with Crippen molar-refractivity contribution in [3.8, 4) is 5.75 Å². The smallest absolute Gasteiger partial charge is 0.138 e. The summed E-state index contributed by atoms with van der Waals surface area (Å²) in [4.78, 5) is -0.0687. The third-order valence-corrected chi connectivity index (χ3v) is 4.51. The number of methoxy groups -OCH3 is 1. The summed E-state index contributed by atoms with van der Waals surface area (Å²) in [6.07, 6.45) is 0. The monoisotopic (exact) mass is 362 g/mol. The molecule has 1 heterocycles. The number of ether oxygens (including phenoxy) is 1. The fourth-order valence-electron chi connectivity index (χ4n) is 1.96. The molecule has 0 aliphatic heterocycles. The summed E-state index contributed by atoms with van der Waals surface area (Å²) in [6.45, 7) is 3.84. The van der Waals surface area contributed by atoms with Crippen molar-refractivity contribution in [2.45, 2.75) is 18.7 Å². The molecule has 0 amide bonds. The second kappa shape index (κ2) is 5.78. The summed E-state index contributed by atoms with van der Waals surface area (Å²) < 4.78 is 10.7. The van der Waals surface area contributed by atoms with Gasteiger partial charge in [0.2, 0.25) is 0 Å². The largest absolute Gasteiger partial charge is 0.495 e. The standard InChI is InChI=1S/C14H13BrCl2O2/c1-7-4-9(8(2)19-7)14(15)10-5-12(17)13(18-3)6-11(10)16/h4-6,14H,1-3H3. The molecule has 0 radical (unpaired) electrons. The first-order chi connectivity index (χ1) is 8.93. The summed E-state index contributed by atoms with van der Waals surface area (Å²) in [5.74, 6) is 2.30. The molecule has 0 fully saturated rings. The van der Waals surface area contributed by atoms with Crippen LogP contribution in [0.5, 0.6) is 5.75 Å². The molecule has 5 heteroatoms. The lowest BCUT2D eigenvalue weighted by molar-refractivity contribution is 0.415. The zero-order valence-corrected chi connectivity index (χ0v) is 13.9. The van der Waals surface area contributed by atoms with E-state index in [4.69, 9.17) is 32.4 Å². The molecule has 0 saturated carbocycles. The molecule has 1 aromatic heterocycles. The van der Waals surface area contributed by atoms with Crippen LogP contribution in [0.4, 0.5) is 0 Å². The molecule has 0 saturated heterocycles. The fourth-order valence-corrected chi connectivity index (χ4v) is 3.44. The molecule has 2 nitrogen and oxygen atoms in total. The highest BCUT2D eigenvalue weighted by Crippen LogP contribution is 2.41. The maximum absolute atomic E-state index is 6.28. The molecule has 2 rings (SSSR count). The van der Waals surface area contributed by atoms with Crippen molar-refractivity contribution in [1.29, 1.82) is 0 Å². The van der Waals surface area contributed by atoms with Gasteiger partial charge in [-0.1, -0.05) is 39.1 Å². The Balaban J connectivity index is 2.47. The Bertz CT molecular complexity index is 608. The molecule has 1 atom stereocenters. The minimum absolute atomic E-state index is 0.0687. The quantitative estimate of drug-likeness (QED) is 0.653. The molecule has 0 spiro atoms. The molecule has 1 aromatic carbocycles.